The molecule has 0 radical (unpaired) electrons. The molecule has 2 heterocycles. The van der Waals surface area contributed by atoms with Crippen LogP contribution >= 0.6 is 23.4 Å². The fourth-order valence-electron chi connectivity index (χ4n) is 1.75. The molecule has 1 aliphatic rings. The number of hydrogen-bond donors (Lipinski definition) is 0. The topological polar surface area (TPSA) is 39.4 Å². The van der Waals surface area contributed by atoms with Crippen molar-refractivity contribution in [1.29, 1.82) is 0 Å². The predicted molar refractivity (Wildman–Crippen MR) is 71.7 cm³/mol. The quantitative estimate of drug-likeness (QED) is 0.621. The summed E-state index contributed by atoms with van der Waals surface area (Å²) in [4.78, 5) is 5.12. The highest BCUT2D eigenvalue weighted by Crippen LogP contribution is 2.36. The average Bonchev–Trinajstić information content (AvgIpc) is 2.91. The number of oxime groups is 1. The molecule has 1 atom stereocenters. The molecule has 0 aromatic carbocycles. The SMILES string of the molecule is Cn1nc(C(F)(F)F)c(CSC2=NOC(C)(CCl)C2)c1F. The molecule has 10 heteroatoms. The third-order valence-electron chi connectivity index (χ3n) is 2.90. The van der Waals surface area contributed by atoms with Gasteiger partial charge in [0.15, 0.2) is 11.3 Å². The van der Waals surface area contributed by atoms with E-state index in [1.807, 2.05) is 0 Å². The van der Waals surface area contributed by atoms with Crippen molar-refractivity contribution in [2.75, 3.05) is 5.88 Å². The van der Waals surface area contributed by atoms with Gasteiger partial charge in [-0.3, -0.25) is 0 Å². The third-order valence-corrected chi connectivity index (χ3v) is 4.45. The number of halogens is 5. The molecule has 1 aliphatic heterocycles. The van der Waals surface area contributed by atoms with Gasteiger partial charge in [-0.05, 0) is 6.92 Å². The van der Waals surface area contributed by atoms with Crippen molar-refractivity contribution in [3.05, 3.63) is 17.2 Å². The van der Waals surface area contributed by atoms with E-state index in [9.17, 15) is 17.6 Å². The molecule has 0 aliphatic carbocycles. The minimum atomic E-state index is -4.70. The van der Waals surface area contributed by atoms with Crippen LogP contribution < -0.4 is 0 Å². The van der Waals surface area contributed by atoms with Gasteiger partial charge in [-0.15, -0.1) is 23.4 Å². The van der Waals surface area contributed by atoms with Gasteiger partial charge >= 0.3 is 6.18 Å². The zero-order valence-corrected chi connectivity index (χ0v) is 12.7. The Labute approximate surface area is 127 Å². The van der Waals surface area contributed by atoms with Crippen LogP contribution in [0.5, 0.6) is 0 Å². The van der Waals surface area contributed by atoms with Crippen molar-refractivity contribution in [2.45, 2.75) is 30.9 Å². The van der Waals surface area contributed by atoms with Crippen molar-refractivity contribution in [1.82, 2.24) is 9.78 Å². The Balaban J connectivity index is 2.11. The summed E-state index contributed by atoms with van der Waals surface area (Å²) in [6, 6.07) is 0. The van der Waals surface area contributed by atoms with E-state index >= 15 is 0 Å². The fraction of sp³-hybridized carbons (Fsp3) is 0.636. The third kappa shape index (κ3) is 3.45. The van der Waals surface area contributed by atoms with Crippen LogP contribution in [0.3, 0.4) is 0 Å². The molecule has 0 fully saturated rings. The minimum Gasteiger partial charge on any atom is -0.387 e. The van der Waals surface area contributed by atoms with E-state index in [-0.39, 0.29) is 11.6 Å². The average molecular weight is 346 g/mol. The second-order valence-electron chi connectivity index (χ2n) is 4.86. The first-order valence-electron chi connectivity index (χ1n) is 5.88. The smallest absolute Gasteiger partial charge is 0.387 e. The van der Waals surface area contributed by atoms with Gasteiger partial charge in [0.25, 0.3) is 0 Å². The number of hydrogen-bond acceptors (Lipinski definition) is 4. The summed E-state index contributed by atoms with van der Waals surface area (Å²) in [5.41, 5.74) is -2.36. The lowest BCUT2D eigenvalue weighted by Crippen LogP contribution is -2.26. The van der Waals surface area contributed by atoms with Crippen molar-refractivity contribution in [2.24, 2.45) is 12.2 Å². The second-order valence-corrected chi connectivity index (χ2v) is 6.18. The Morgan fingerprint density at radius 2 is 2.14 bits per heavy atom. The van der Waals surface area contributed by atoms with E-state index in [2.05, 4.69) is 10.3 Å². The van der Waals surface area contributed by atoms with Gasteiger partial charge in [0, 0.05) is 24.8 Å². The highest BCUT2D eigenvalue weighted by Gasteiger charge is 2.40. The predicted octanol–water partition coefficient (Wildman–Crippen LogP) is 3.54. The van der Waals surface area contributed by atoms with Crippen LogP contribution in [0.15, 0.2) is 5.16 Å². The van der Waals surface area contributed by atoms with Crippen LogP contribution in [-0.2, 0) is 23.8 Å². The Morgan fingerprint density at radius 3 is 2.67 bits per heavy atom. The van der Waals surface area contributed by atoms with E-state index < -0.39 is 29.0 Å². The van der Waals surface area contributed by atoms with Crippen molar-refractivity contribution in [3.8, 4) is 0 Å². The van der Waals surface area contributed by atoms with Crippen molar-refractivity contribution >= 4 is 28.4 Å². The van der Waals surface area contributed by atoms with Gasteiger partial charge in [0.1, 0.15) is 5.04 Å². The van der Waals surface area contributed by atoms with Crippen LogP contribution in [0.2, 0.25) is 0 Å². The van der Waals surface area contributed by atoms with Crippen LogP contribution in [0.25, 0.3) is 0 Å². The summed E-state index contributed by atoms with van der Waals surface area (Å²) in [5.74, 6) is -1.03. The summed E-state index contributed by atoms with van der Waals surface area (Å²) in [6.45, 7) is 1.74. The van der Waals surface area contributed by atoms with Crippen molar-refractivity contribution < 1.29 is 22.4 Å². The Morgan fingerprint density at radius 1 is 1.48 bits per heavy atom. The van der Waals surface area contributed by atoms with Crippen LogP contribution in [0.4, 0.5) is 17.6 Å². The number of nitrogens with zero attached hydrogens (tertiary/aromatic N) is 3. The first-order chi connectivity index (χ1) is 9.66. The second kappa shape index (κ2) is 5.68. The highest BCUT2D eigenvalue weighted by atomic mass is 35.5. The van der Waals surface area contributed by atoms with Gasteiger partial charge < -0.3 is 4.84 Å². The Kier molecular flexibility index (Phi) is 4.44. The molecule has 0 saturated heterocycles. The Hall–Kier alpha value is -0.960. The first-order valence-corrected chi connectivity index (χ1v) is 7.41. The lowest BCUT2D eigenvalue weighted by Gasteiger charge is -2.16. The molecule has 1 aromatic rings. The number of aromatic nitrogens is 2. The molecule has 0 spiro atoms. The maximum Gasteiger partial charge on any atom is 0.435 e. The zero-order chi connectivity index (χ0) is 15.8. The molecule has 0 amide bonds. The zero-order valence-electron chi connectivity index (χ0n) is 11.2. The molecule has 0 bridgehead atoms. The van der Waals surface area contributed by atoms with E-state index in [1.54, 1.807) is 6.92 Å². The summed E-state index contributed by atoms with van der Waals surface area (Å²) in [7, 11) is 1.12. The van der Waals surface area contributed by atoms with Crippen LogP contribution in [0.1, 0.15) is 24.6 Å². The monoisotopic (exact) mass is 345 g/mol. The summed E-state index contributed by atoms with van der Waals surface area (Å²) >= 11 is 6.70. The molecule has 2 rings (SSSR count). The first kappa shape index (κ1) is 16.4. The van der Waals surface area contributed by atoms with E-state index in [4.69, 9.17) is 16.4 Å². The fourth-order valence-corrected chi connectivity index (χ4v) is 2.96. The number of rotatable bonds is 3. The molecule has 0 N–H and O–H groups in total. The number of alkyl halides is 4. The lowest BCUT2D eigenvalue weighted by molar-refractivity contribution is -0.141. The van der Waals surface area contributed by atoms with Crippen LogP contribution in [-0.4, -0.2) is 26.3 Å². The molecule has 118 valence electrons. The maximum absolute atomic E-state index is 13.7. The maximum atomic E-state index is 13.7. The van der Waals surface area contributed by atoms with E-state index in [0.29, 0.717) is 16.1 Å². The van der Waals surface area contributed by atoms with Gasteiger partial charge in [0.2, 0.25) is 5.95 Å². The van der Waals surface area contributed by atoms with E-state index in [1.165, 1.54) is 0 Å². The van der Waals surface area contributed by atoms with Gasteiger partial charge in [-0.25, -0.2) is 4.68 Å². The molecule has 0 saturated carbocycles. The molecule has 4 nitrogen and oxygen atoms in total. The Bertz CT molecular complexity index is 575. The largest absolute Gasteiger partial charge is 0.435 e. The number of aryl methyl sites for hydroxylation is 1. The standard InChI is InChI=1S/C11H12ClF4N3OS/c1-10(5-12)3-7(18-20-10)21-4-6-8(11(14,15)16)17-19(2)9(6)13/h3-5H2,1-2H3. The molecule has 21 heavy (non-hydrogen) atoms. The van der Waals surface area contributed by atoms with E-state index in [0.717, 1.165) is 18.8 Å². The molecule has 1 unspecified atom stereocenters. The summed E-state index contributed by atoms with van der Waals surface area (Å²) in [5, 5.41) is 7.43. The molecular formula is C11H12ClF4N3OS. The summed E-state index contributed by atoms with van der Waals surface area (Å²) < 4.78 is 52.7. The highest BCUT2D eigenvalue weighted by molar-refractivity contribution is 8.13. The minimum absolute atomic E-state index is 0.204. The van der Waals surface area contributed by atoms with Crippen LogP contribution in [0, 0.1) is 5.95 Å². The van der Waals surface area contributed by atoms with Gasteiger partial charge in [0.05, 0.1) is 5.88 Å². The molecular weight excluding hydrogens is 334 g/mol. The van der Waals surface area contributed by atoms with Gasteiger partial charge in [-0.2, -0.15) is 22.7 Å². The van der Waals surface area contributed by atoms with Crippen molar-refractivity contribution in [3.63, 3.8) is 0 Å². The lowest BCUT2D eigenvalue weighted by atomic mass is 10.1. The van der Waals surface area contributed by atoms with Gasteiger partial charge in [-0.1, -0.05) is 5.16 Å². The molecule has 1 aromatic heterocycles. The normalized spacial score (nSPS) is 22.3. The number of thioether (sulfide) groups is 1. The summed E-state index contributed by atoms with van der Waals surface area (Å²) in [6.07, 6.45) is -4.32.